The molecule has 1 N–H and O–H groups in total. The molecule has 1 aliphatic rings. The van der Waals surface area contributed by atoms with E-state index >= 15 is 0 Å². The molecule has 0 saturated heterocycles. The van der Waals surface area contributed by atoms with Gasteiger partial charge in [-0.3, -0.25) is 4.79 Å². The predicted molar refractivity (Wildman–Crippen MR) is 125 cm³/mol. The summed E-state index contributed by atoms with van der Waals surface area (Å²) < 4.78 is 5.69. The number of nitrogens with zero attached hydrogens (tertiary/aromatic N) is 1. The maximum atomic E-state index is 13.2. The van der Waals surface area contributed by atoms with Crippen LogP contribution in [0, 0.1) is 0 Å². The van der Waals surface area contributed by atoms with E-state index in [9.17, 15) is 4.79 Å². The Bertz CT molecular complexity index is 1080. The highest BCUT2D eigenvalue weighted by Gasteiger charge is 2.25. The van der Waals surface area contributed by atoms with Crippen molar-refractivity contribution in [1.29, 1.82) is 0 Å². The second-order valence-corrected chi connectivity index (χ2v) is 8.60. The van der Waals surface area contributed by atoms with Crippen LogP contribution < -0.4 is 10.1 Å². The van der Waals surface area contributed by atoms with Crippen molar-refractivity contribution in [2.75, 3.05) is 11.9 Å². The quantitative estimate of drug-likeness (QED) is 0.436. The van der Waals surface area contributed by atoms with E-state index in [4.69, 9.17) is 21.3 Å². The van der Waals surface area contributed by atoms with Crippen molar-refractivity contribution in [3.63, 3.8) is 0 Å². The second-order valence-electron chi connectivity index (χ2n) is 7.08. The standard InChI is InChI=1S/C24H23ClN2O2S/c1-2-29-20-13-12-17(25)14-16(20)15-26-24-22(19-10-6-7-11-21(19)30-24)23(28)27-18-8-4-3-5-9-18/h3-5,8-9,12-15H,2,6-7,10-11H2,1H3,(H,27,28). The van der Waals surface area contributed by atoms with Crippen molar-refractivity contribution in [2.24, 2.45) is 4.99 Å². The van der Waals surface area contributed by atoms with Gasteiger partial charge in [-0.2, -0.15) is 0 Å². The van der Waals surface area contributed by atoms with Gasteiger partial charge in [0.25, 0.3) is 5.91 Å². The van der Waals surface area contributed by atoms with E-state index in [1.807, 2.05) is 49.4 Å². The summed E-state index contributed by atoms with van der Waals surface area (Å²) >= 11 is 7.79. The molecule has 4 nitrogen and oxygen atoms in total. The first-order valence-corrected chi connectivity index (χ1v) is 11.3. The first-order chi connectivity index (χ1) is 14.7. The number of halogens is 1. The number of para-hydroxylation sites is 1. The Kier molecular flexibility index (Phi) is 6.50. The lowest BCUT2D eigenvalue weighted by Crippen LogP contribution is -2.14. The van der Waals surface area contributed by atoms with Gasteiger partial charge in [0, 0.05) is 27.4 Å². The van der Waals surface area contributed by atoms with Crippen molar-refractivity contribution in [1.82, 2.24) is 0 Å². The van der Waals surface area contributed by atoms with Crippen molar-refractivity contribution < 1.29 is 9.53 Å². The number of hydrogen-bond acceptors (Lipinski definition) is 4. The number of fused-ring (bicyclic) bond motifs is 1. The van der Waals surface area contributed by atoms with Gasteiger partial charge in [-0.1, -0.05) is 29.8 Å². The van der Waals surface area contributed by atoms with Crippen LogP contribution in [0.5, 0.6) is 5.75 Å². The van der Waals surface area contributed by atoms with Crippen LogP contribution in [0.2, 0.25) is 5.02 Å². The maximum Gasteiger partial charge on any atom is 0.259 e. The molecule has 0 spiro atoms. The van der Waals surface area contributed by atoms with Crippen molar-refractivity contribution in [3.05, 3.63) is 75.1 Å². The lowest BCUT2D eigenvalue weighted by molar-refractivity contribution is 0.102. The number of aliphatic imine (C=N–C) groups is 1. The summed E-state index contributed by atoms with van der Waals surface area (Å²) in [5.41, 5.74) is 3.41. The molecule has 1 amide bonds. The molecule has 0 bridgehead atoms. The topological polar surface area (TPSA) is 50.7 Å². The SMILES string of the molecule is CCOc1ccc(Cl)cc1C=Nc1sc2c(c1C(=O)Nc1ccccc1)CCCC2. The van der Waals surface area contributed by atoms with Crippen molar-refractivity contribution >= 4 is 45.7 Å². The number of carbonyl (C=O) groups is 1. The first-order valence-electron chi connectivity index (χ1n) is 10.1. The van der Waals surface area contributed by atoms with Crippen LogP contribution in [0.4, 0.5) is 10.7 Å². The lowest BCUT2D eigenvalue weighted by Gasteiger charge is -2.12. The fourth-order valence-corrected chi connectivity index (χ4v) is 5.04. The normalized spacial score (nSPS) is 13.3. The third-order valence-corrected chi connectivity index (χ3v) is 6.44. The number of nitrogens with one attached hydrogen (secondary N) is 1. The number of amides is 1. The number of carbonyl (C=O) groups excluding carboxylic acids is 1. The molecule has 0 aliphatic heterocycles. The third-order valence-electron chi connectivity index (χ3n) is 5.00. The molecule has 1 aromatic heterocycles. The molecule has 3 aromatic rings. The molecule has 6 heteroatoms. The lowest BCUT2D eigenvalue weighted by atomic mass is 9.95. The third kappa shape index (κ3) is 4.58. The van der Waals surface area contributed by atoms with E-state index in [1.54, 1.807) is 23.6 Å². The van der Waals surface area contributed by atoms with E-state index < -0.39 is 0 Å². The van der Waals surface area contributed by atoms with E-state index in [1.165, 1.54) is 4.88 Å². The van der Waals surface area contributed by atoms with Crippen LogP contribution in [0.15, 0.2) is 53.5 Å². The summed E-state index contributed by atoms with van der Waals surface area (Å²) in [7, 11) is 0. The molecule has 0 atom stereocenters. The number of rotatable bonds is 6. The molecule has 0 radical (unpaired) electrons. The smallest absolute Gasteiger partial charge is 0.259 e. The largest absolute Gasteiger partial charge is 0.493 e. The Balaban J connectivity index is 1.70. The molecule has 154 valence electrons. The Morgan fingerprint density at radius 2 is 2.00 bits per heavy atom. The van der Waals surface area contributed by atoms with Crippen LogP contribution in [0.3, 0.4) is 0 Å². The van der Waals surface area contributed by atoms with Gasteiger partial charge in [0.05, 0.1) is 12.2 Å². The van der Waals surface area contributed by atoms with Gasteiger partial charge in [-0.15, -0.1) is 11.3 Å². The minimum atomic E-state index is -0.108. The number of benzene rings is 2. The van der Waals surface area contributed by atoms with Gasteiger partial charge < -0.3 is 10.1 Å². The van der Waals surface area contributed by atoms with Crippen LogP contribution >= 0.6 is 22.9 Å². The molecule has 4 rings (SSSR count). The second kappa shape index (κ2) is 9.45. The molecule has 1 aliphatic carbocycles. The van der Waals surface area contributed by atoms with Crippen LogP contribution in [-0.2, 0) is 12.8 Å². The summed E-state index contributed by atoms with van der Waals surface area (Å²) in [4.78, 5) is 19.2. The molecule has 0 fully saturated rings. The predicted octanol–water partition coefficient (Wildman–Crippen LogP) is 6.68. The molecule has 0 saturated carbocycles. The minimum Gasteiger partial charge on any atom is -0.493 e. The average molecular weight is 439 g/mol. The fourth-order valence-electron chi connectivity index (χ4n) is 3.63. The highest BCUT2D eigenvalue weighted by atomic mass is 35.5. The van der Waals surface area contributed by atoms with Gasteiger partial charge in [-0.25, -0.2) is 4.99 Å². The van der Waals surface area contributed by atoms with Crippen LogP contribution in [-0.4, -0.2) is 18.7 Å². The minimum absolute atomic E-state index is 0.108. The van der Waals surface area contributed by atoms with Gasteiger partial charge in [-0.05, 0) is 68.5 Å². The van der Waals surface area contributed by atoms with Gasteiger partial charge in [0.1, 0.15) is 10.8 Å². The molecule has 0 unspecified atom stereocenters. The van der Waals surface area contributed by atoms with Gasteiger partial charge in [0.2, 0.25) is 0 Å². The zero-order chi connectivity index (χ0) is 20.9. The van der Waals surface area contributed by atoms with Crippen molar-refractivity contribution in [2.45, 2.75) is 32.6 Å². The van der Waals surface area contributed by atoms with Crippen molar-refractivity contribution in [3.8, 4) is 5.75 Å². The monoisotopic (exact) mass is 438 g/mol. The number of aryl methyl sites for hydroxylation is 1. The molecule has 2 aromatic carbocycles. The number of hydrogen-bond donors (Lipinski definition) is 1. The highest BCUT2D eigenvalue weighted by molar-refractivity contribution is 7.16. The Hall–Kier alpha value is -2.63. The highest BCUT2D eigenvalue weighted by Crippen LogP contribution is 2.40. The zero-order valence-electron chi connectivity index (χ0n) is 16.8. The van der Waals surface area contributed by atoms with E-state index in [2.05, 4.69) is 5.32 Å². The summed E-state index contributed by atoms with van der Waals surface area (Å²) in [6, 6.07) is 15.0. The fraction of sp³-hybridized carbons (Fsp3) is 0.250. The molecule has 30 heavy (non-hydrogen) atoms. The van der Waals surface area contributed by atoms with E-state index in [-0.39, 0.29) is 5.91 Å². The van der Waals surface area contributed by atoms with Gasteiger partial charge in [0.15, 0.2) is 0 Å². The molecular formula is C24H23ClN2O2S. The summed E-state index contributed by atoms with van der Waals surface area (Å²) in [5, 5.41) is 4.37. The first kappa shape index (κ1) is 20.6. The summed E-state index contributed by atoms with van der Waals surface area (Å²) in [5.74, 6) is 0.617. The summed E-state index contributed by atoms with van der Waals surface area (Å²) in [6.45, 7) is 2.50. The Morgan fingerprint density at radius 3 is 2.80 bits per heavy atom. The zero-order valence-corrected chi connectivity index (χ0v) is 18.4. The average Bonchev–Trinajstić information content (AvgIpc) is 3.13. The number of ether oxygens (including phenoxy) is 1. The van der Waals surface area contributed by atoms with Gasteiger partial charge >= 0.3 is 0 Å². The Morgan fingerprint density at radius 1 is 1.20 bits per heavy atom. The Labute approximate surface area is 185 Å². The maximum absolute atomic E-state index is 13.2. The number of anilines is 1. The molecule has 1 heterocycles. The summed E-state index contributed by atoms with van der Waals surface area (Å²) in [6.07, 6.45) is 5.91. The van der Waals surface area contributed by atoms with Crippen LogP contribution in [0.1, 0.15) is 46.1 Å². The molecular weight excluding hydrogens is 416 g/mol. The number of thiophene rings is 1. The van der Waals surface area contributed by atoms with E-state index in [0.717, 1.165) is 53.2 Å². The van der Waals surface area contributed by atoms with E-state index in [0.29, 0.717) is 17.2 Å². The van der Waals surface area contributed by atoms with Crippen LogP contribution in [0.25, 0.3) is 0 Å².